The third-order valence-electron chi connectivity index (χ3n) is 4.78. The molecule has 2 heterocycles. The second-order valence-corrected chi connectivity index (χ2v) is 7.52. The number of thiophene rings is 1. The minimum Gasteiger partial charge on any atom is -0.462 e. The summed E-state index contributed by atoms with van der Waals surface area (Å²) in [5.74, 6) is -0.429. The molecule has 1 aromatic heterocycles. The summed E-state index contributed by atoms with van der Waals surface area (Å²) in [7, 11) is 0. The average molecular weight is 380 g/mol. The summed E-state index contributed by atoms with van der Waals surface area (Å²) in [4.78, 5) is 39.4. The molecular weight excluding hydrogens is 356 g/mol. The Balaban J connectivity index is 1.85. The lowest BCUT2D eigenvalue weighted by Crippen LogP contribution is -2.36. The van der Waals surface area contributed by atoms with Crippen molar-refractivity contribution in [2.45, 2.75) is 46.1 Å². The number of hydrogen-bond donors (Lipinski definition) is 1. The van der Waals surface area contributed by atoms with Crippen LogP contribution in [0.3, 0.4) is 0 Å². The average Bonchev–Trinajstić information content (AvgIpc) is 2.90. The summed E-state index contributed by atoms with van der Waals surface area (Å²) in [6.07, 6.45) is 3.03. The Hall–Kier alpha value is -2.09. The van der Waals surface area contributed by atoms with Gasteiger partial charge in [-0.25, -0.2) is 9.59 Å². The van der Waals surface area contributed by atoms with Gasteiger partial charge in [-0.15, -0.1) is 11.3 Å². The molecule has 7 nitrogen and oxygen atoms in total. The molecule has 1 fully saturated rings. The molecule has 1 saturated carbocycles. The van der Waals surface area contributed by atoms with Gasteiger partial charge in [0.15, 0.2) is 0 Å². The molecule has 3 rings (SSSR count). The monoisotopic (exact) mass is 380 g/mol. The van der Waals surface area contributed by atoms with E-state index in [1.54, 1.807) is 18.7 Å². The minimum absolute atomic E-state index is 0.0280. The summed E-state index contributed by atoms with van der Waals surface area (Å²) in [5.41, 5.74) is 1.32. The number of anilines is 1. The van der Waals surface area contributed by atoms with Gasteiger partial charge in [-0.05, 0) is 38.7 Å². The predicted octanol–water partition coefficient (Wildman–Crippen LogP) is 3.18. The molecule has 2 aliphatic rings. The minimum atomic E-state index is -0.418. The Morgan fingerprint density at radius 2 is 1.92 bits per heavy atom. The third kappa shape index (κ3) is 3.70. The van der Waals surface area contributed by atoms with Crippen molar-refractivity contribution in [3.63, 3.8) is 0 Å². The standard InChI is InChI=1S/C18H24N2O5S/c1-3-24-17(22)14-12-8-9-20(18(23)25-4-2)10-13(12)26-16(14)19-15(21)11-6-5-7-11/h11H,3-10H2,1-2H3,(H,19,21). The van der Waals surface area contributed by atoms with Crippen molar-refractivity contribution in [3.05, 3.63) is 16.0 Å². The van der Waals surface area contributed by atoms with Crippen molar-refractivity contribution in [2.75, 3.05) is 25.1 Å². The molecule has 0 atom stereocenters. The van der Waals surface area contributed by atoms with Crippen LogP contribution >= 0.6 is 11.3 Å². The van der Waals surface area contributed by atoms with E-state index < -0.39 is 5.97 Å². The number of carbonyl (C=O) groups is 3. The van der Waals surface area contributed by atoms with Gasteiger partial charge in [0.05, 0.1) is 25.3 Å². The first kappa shape index (κ1) is 18.7. The van der Waals surface area contributed by atoms with Gasteiger partial charge in [-0.3, -0.25) is 4.79 Å². The van der Waals surface area contributed by atoms with Crippen LogP contribution in [0.4, 0.5) is 9.80 Å². The van der Waals surface area contributed by atoms with Gasteiger partial charge in [-0.2, -0.15) is 0 Å². The van der Waals surface area contributed by atoms with Crippen LogP contribution in [0.5, 0.6) is 0 Å². The van der Waals surface area contributed by atoms with E-state index in [0.717, 1.165) is 29.7 Å². The highest BCUT2D eigenvalue weighted by atomic mass is 32.1. The van der Waals surface area contributed by atoms with E-state index in [-0.39, 0.29) is 24.5 Å². The number of ether oxygens (including phenoxy) is 2. The van der Waals surface area contributed by atoms with Crippen molar-refractivity contribution in [3.8, 4) is 0 Å². The molecule has 1 N–H and O–H groups in total. The van der Waals surface area contributed by atoms with Crippen molar-refractivity contribution in [1.29, 1.82) is 0 Å². The molecule has 1 aliphatic heterocycles. The molecule has 0 saturated heterocycles. The van der Waals surface area contributed by atoms with Crippen molar-refractivity contribution in [1.82, 2.24) is 4.90 Å². The quantitative estimate of drug-likeness (QED) is 0.793. The maximum Gasteiger partial charge on any atom is 0.410 e. The van der Waals surface area contributed by atoms with E-state index in [1.807, 2.05) is 0 Å². The van der Waals surface area contributed by atoms with Gasteiger partial charge in [0.25, 0.3) is 0 Å². The number of nitrogens with zero attached hydrogens (tertiary/aromatic N) is 1. The van der Waals surface area contributed by atoms with Crippen LogP contribution < -0.4 is 5.32 Å². The van der Waals surface area contributed by atoms with E-state index in [1.165, 1.54) is 11.3 Å². The SMILES string of the molecule is CCOC(=O)c1c(NC(=O)C2CCC2)sc2c1CCN(C(=O)OCC)C2. The zero-order chi connectivity index (χ0) is 18.7. The fourth-order valence-electron chi connectivity index (χ4n) is 3.17. The molecule has 0 bridgehead atoms. The van der Waals surface area contributed by atoms with Crippen LogP contribution in [-0.4, -0.2) is 42.6 Å². The van der Waals surface area contributed by atoms with Gasteiger partial charge < -0.3 is 19.7 Å². The van der Waals surface area contributed by atoms with Gasteiger partial charge in [0, 0.05) is 17.3 Å². The van der Waals surface area contributed by atoms with Crippen LogP contribution in [0.25, 0.3) is 0 Å². The van der Waals surface area contributed by atoms with Crippen LogP contribution in [-0.2, 0) is 27.2 Å². The van der Waals surface area contributed by atoms with Gasteiger partial charge >= 0.3 is 12.1 Å². The first-order chi connectivity index (χ1) is 12.5. The fourth-order valence-corrected chi connectivity index (χ4v) is 4.42. The molecule has 0 spiro atoms. The number of esters is 1. The Kier molecular flexibility index (Phi) is 5.80. The Labute approximate surface area is 156 Å². The molecule has 0 aromatic carbocycles. The van der Waals surface area contributed by atoms with Crippen LogP contribution in [0, 0.1) is 5.92 Å². The first-order valence-electron chi connectivity index (χ1n) is 9.09. The van der Waals surface area contributed by atoms with Crippen LogP contribution in [0.2, 0.25) is 0 Å². The fraction of sp³-hybridized carbons (Fsp3) is 0.611. The highest BCUT2D eigenvalue weighted by molar-refractivity contribution is 7.17. The second-order valence-electron chi connectivity index (χ2n) is 6.42. The Morgan fingerprint density at radius 1 is 1.19 bits per heavy atom. The Bertz CT molecular complexity index is 711. The maximum atomic E-state index is 12.5. The largest absolute Gasteiger partial charge is 0.462 e. The topological polar surface area (TPSA) is 84.9 Å². The predicted molar refractivity (Wildman–Crippen MR) is 97.4 cm³/mol. The number of fused-ring (bicyclic) bond motifs is 1. The lowest BCUT2D eigenvalue weighted by Gasteiger charge is -2.26. The second kappa shape index (κ2) is 8.07. The molecule has 26 heavy (non-hydrogen) atoms. The number of amides is 2. The zero-order valence-corrected chi connectivity index (χ0v) is 15.9. The van der Waals surface area contributed by atoms with Crippen LogP contribution in [0.1, 0.15) is 53.9 Å². The summed E-state index contributed by atoms with van der Waals surface area (Å²) < 4.78 is 10.3. The van der Waals surface area contributed by atoms with E-state index in [9.17, 15) is 14.4 Å². The van der Waals surface area contributed by atoms with E-state index >= 15 is 0 Å². The summed E-state index contributed by atoms with van der Waals surface area (Å²) in [6.45, 7) is 4.98. The highest BCUT2D eigenvalue weighted by Crippen LogP contribution is 2.39. The molecule has 142 valence electrons. The molecule has 2 amide bonds. The summed E-state index contributed by atoms with van der Waals surface area (Å²) >= 11 is 1.35. The molecule has 1 aliphatic carbocycles. The molecule has 0 unspecified atom stereocenters. The van der Waals surface area contributed by atoms with Gasteiger partial charge in [0.1, 0.15) is 5.00 Å². The molecular formula is C18H24N2O5S. The van der Waals surface area contributed by atoms with Crippen molar-refractivity contribution >= 4 is 34.3 Å². The molecule has 8 heteroatoms. The maximum absolute atomic E-state index is 12.5. The third-order valence-corrected chi connectivity index (χ3v) is 5.91. The van der Waals surface area contributed by atoms with Gasteiger partial charge in [0.2, 0.25) is 5.91 Å². The number of nitrogens with one attached hydrogen (secondary N) is 1. The Morgan fingerprint density at radius 3 is 2.54 bits per heavy atom. The number of rotatable bonds is 5. The van der Waals surface area contributed by atoms with Crippen LogP contribution in [0.15, 0.2) is 0 Å². The normalized spacial score (nSPS) is 16.5. The van der Waals surface area contributed by atoms with Crippen molar-refractivity contribution < 1.29 is 23.9 Å². The summed E-state index contributed by atoms with van der Waals surface area (Å²) in [6, 6.07) is 0. The van der Waals surface area contributed by atoms with Crippen molar-refractivity contribution in [2.24, 2.45) is 5.92 Å². The van der Waals surface area contributed by atoms with E-state index in [4.69, 9.17) is 9.47 Å². The molecule has 0 radical (unpaired) electrons. The lowest BCUT2D eigenvalue weighted by atomic mass is 9.85. The number of carbonyl (C=O) groups excluding carboxylic acids is 3. The molecule has 1 aromatic rings. The smallest absolute Gasteiger partial charge is 0.410 e. The lowest BCUT2D eigenvalue weighted by molar-refractivity contribution is -0.122. The first-order valence-corrected chi connectivity index (χ1v) is 9.91. The zero-order valence-electron chi connectivity index (χ0n) is 15.1. The van der Waals surface area contributed by atoms with E-state index in [2.05, 4.69) is 5.32 Å². The van der Waals surface area contributed by atoms with Gasteiger partial charge in [-0.1, -0.05) is 6.42 Å². The highest BCUT2D eigenvalue weighted by Gasteiger charge is 2.33. The summed E-state index contributed by atoms with van der Waals surface area (Å²) in [5, 5.41) is 3.46. The number of hydrogen-bond acceptors (Lipinski definition) is 6. The van der Waals surface area contributed by atoms with E-state index in [0.29, 0.717) is 36.7 Å².